The van der Waals surface area contributed by atoms with E-state index in [0.29, 0.717) is 41.7 Å². The van der Waals surface area contributed by atoms with Crippen molar-refractivity contribution in [2.75, 3.05) is 12.9 Å². The van der Waals surface area contributed by atoms with Gasteiger partial charge in [0.25, 0.3) is 16.0 Å². The lowest BCUT2D eigenvalue weighted by Gasteiger charge is -2.08. The van der Waals surface area contributed by atoms with Crippen LogP contribution in [0.2, 0.25) is 0 Å². The van der Waals surface area contributed by atoms with Gasteiger partial charge in [-0.1, -0.05) is 17.3 Å². The number of guanidine groups is 1. The number of ether oxygens (including phenoxy) is 1. The first-order valence-electron chi connectivity index (χ1n) is 6.83. The zero-order chi connectivity index (χ0) is 19.0. The summed E-state index contributed by atoms with van der Waals surface area (Å²) >= 11 is 0. The van der Waals surface area contributed by atoms with Crippen LogP contribution in [0.5, 0.6) is 5.75 Å². The van der Waals surface area contributed by atoms with Crippen LogP contribution in [-0.2, 0) is 14.9 Å². The maximum atomic E-state index is 11.9. The first-order valence-corrected chi connectivity index (χ1v) is 8.68. The van der Waals surface area contributed by atoms with Crippen LogP contribution in [0, 0.1) is 5.41 Å². The van der Waals surface area contributed by atoms with Crippen LogP contribution in [-0.4, -0.2) is 49.1 Å². The molecule has 2 rings (SSSR count). The fourth-order valence-electron chi connectivity index (χ4n) is 1.92. The number of rotatable bonds is 2. The van der Waals surface area contributed by atoms with Gasteiger partial charge in [0, 0.05) is 23.1 Å². The summed E-state index contributed by atoms with van der Waals surface area (Å²) in [5.41, 5.74) is 6.94. The molecule has 0 fully saturated rings. The van der Waals surface area contributed by atoms with Gasteiger partial charge in [-0.25, -0.2) is 0 Å². The minimum Gasteiger partial charge on any atom is -0.492 e. The fourth-order valence-corrected chi connectivity index (χ4v) is 1.92. The number of para-hydroxylation sites is 1. The van der Waals surface area contributed by atoms with E-state index in [-0.39, 0.29) is 0 Å². The number of carbonyl (C=O) groups excluding carboxylic acids is 1. The van der Waals surface area contributed by atoms with E-state index >= 15 is 0 Å². The van der Waals surface area contributed by atoms with Gasteiger partial charge in [0.1, 0.15) is 5.75 Å². The summed E-state index contributed by atoms with van der Waals surface area (Å²) in [5, 5.41) is 20.9. The van der Waals surface area contributed by atoms with E-state index in [1.807, 2.05) is 0 Å². The summed E-state index contributed by atoms with van der Waals surface area (Å²) in [7, 11) is -3.67. The second kappa shape index (κ2) is 8.80. The Morgan fingerprint density at radius 1 is 1.48 bits per heavy atom. The molecule has 1 amide bonds. The van der Waals surface area contributed by atoms with Crippen molar-refractivity contribution in [1.29, 1.82) is 5.41 Å². The van der Waals surface area contributed by atoms with Crippen molar-refractivity contribution in [2.45, 2.75) is 6.42 Å². The molecule has 0 unspecified atom stereocenters. The average molecular weight is 370 g/mol. The van der Waals surface area contributed by atoms with E-state index < -0.39 is 22.0 Å². The number of hydrogen-bond acceptors (Lipinski definition) is 7. The summed E-state index contributed by atoms with van der Waals surface area (Å²) in [4.78, 5) is 11.9. The van der Waals surface area contributed by atoms with E-state index in [4.69, 9.17) is 25.6 Å². The quantitative estimate of drug-likeness (QED) is 0.162. The Hall–Kier alpha value is -2.92. The van der Waals surface area contributed by atoms with Crippen molar-refractivity contribution >= 4 is 34.3 Å². The Labute approximate surface area is 144 Å². The monoisotopic (exact) mass is 370 g/mol. The molecule has 1 aliphatic rings. The van der Waals surface area contributed by atoms with Crippen LogP contribution in [0.3, 0.4) is 0 Å². The molecule has 0 aromatic heterocycles. The average Bonchev–Trinajstić information content (AvgIpc) is 2.68. The molecule has 0 atom stereocenters. The zero-order valence-corrected chi connectivity index (χ0v) is 14.1. The van der Waals surface area contributed by atoms with Gasteiger partial charge < -0.3 is 15.7 Å². The molecule has 11 heteroatoms. The van der Waals surface area contributed by atoms with Crippen molar-refractivity contribution in [2.24, 2.45) is 10.9 Å². The molecule has 1 heterocycles. The summed E-state index contributed by atoms with van der Waals surface area (Å²) < 4.78 is 31.5. The molecule has 25 heavy (non-hydrogen) atoms. The Kier molecular flexibility index (Phi) is 7.08. The standard InChI is InChI=1S/C13H14N4O3.CH4O3S/c14-13(15)17-12(18)9-4-5-20-11-8(6-9)2-1-3-10(11)7-16-19;1-5(2,3)4/h1-3,6-7,19H,4-5H2,(H4,14,15,17,18);1H3,(H,2,3,4). The lowest BCUT2D eigenvalue weighted by Crippen LogP contribution is -2.36. The molecule has 0 spiro atoms. The molecule has 1 aromatic rings. The molecule has 136 valence electrons. The van der Waals surface area contributed by atoms with Gasteiger partial charge >= 0.3 is 0 Å². The zero-order valence-electron chi connectivity index (χ0n) is 13.3. The van der Waals surface area contributed by atoms with Gasteiger partial charge in [-0.2, -0.15) is 8.42 Å². The van der Waals surface area contributed by atoms with Crippen LogP contribution < -0.4 is 15.8 Å². The van der Waals surface area contributed by atoms with Gasteiger partial charge in [-0.05, 0) is 12.1 Å². The van der Waals surface area contributed by atoms with Crippen molar-refractivity contribution in [3.8, 4) is 5.75 Å². The number of nitrogens with zero attached hydrogens (tertiary/aromatic N) is 1. The number of fused-ring (bicyclic) bond motifs is 1. The Bertz CT molecular complexity index is 809. The smallest absolute Gasteiger partial charge is 0.261 e. The summed E-state index contributed by atoms with van der Waals surface area (Å²) in [6.07, 6.45) is 4.05. The molecule has 0 saturated carbocycles. The van der Waals surface area contributed by atoms with Crippen molar-refractivity contribution < 1.29 is 27.7 Å². The van der Waals surface area contributed by atoms with Gasteiger partial charge in [-0.15, -0.1) is 0 Å². The first-order chi connectivity index (χ1) is 11.6. The van der Waals surface area contributed by atoms with E-state index in [0.717, 1.165) is 0 Å². The molecule has 0 aliphatic carbocycles. The number of benzene rings is 1. The topological polar surface area (TPSA) is 175 Å². The molecule has 1 aromatic carbocycles. The normalized spacial score (nSPS) is 13.4. The molecule has 1 aliphatic heterocycles. The molecule has 0 saturated heterocycles. The van der Waals surface area contributed by atoms with Crippen LogP contribution in [0.15, 0.2) is 28.9 Å². The summed E-state index contributed by atoms with van der Waals surface area (Å²) in [6.45, 7) is 0.306. The molecule has 0 radical (unpaired) electrons. The highest BCUT2D eigenvalue weighted by molar-refractivity contribution is 7.85. The Morgan fingerprint density at radius 2 is 2.12 bits per heavy atom. The first kappa shape index (κ1) is 20.1. The van der Waals surface area contributed by atoms with Crippen molar-refractivity contribution in [3.05, 3.63) is 34.9 Å². The van der Waals surface area contributed by atoms with E-state index in [9.17, 15) is 13.2 Å². The number of carbonyl (C=O) groups is 1. The minimum atomic E-state index is -3.67. The predicted octanol–water partition coefficient (Wildman–Crippen LogP) is 0.174. The van der Waals surface area contributed by atoms with Crippen LogP contribution >= 0.6 is 0 Å². The van der Waals surface area contributed by atoms with E-state index in [1.54, 1.807) is 24.3 Å². The SMILES string of the molecule is CS(=O)(=O)O.N=C(N)NC(=O)C1=Cc2cccc(C=NO)c2OCC1. The van der Waals surface area contributed by atoms with E-state index in [2.05, 4.69) is 10.5 Å². The third-order valence-corrected chi connectivity index (χ3v) is 2.76. The maximum Gasteiger partial charge on any atom is 0.261 e. The second-order valence-corrected chi connectivity index (χ2v) is 6.35. The Morgan fingerprint density at radius 3 is 2.68 bits per heavy atom. The lowest BCUT2D eigenvalue weighted by molar-refractivity contribution is -0.116. The number of oxime groups is 1. The predicted molar refractivity (Wildman–Crippen MR) is 91.4 cm³/mol. The molecule has 10 nitrogen and oxygen atoms in total. The minimum absolute atomic E-state index is 0.306. The van der Waals surface area contributed by atoms with Crippen LogP contribution in [0.1, 0.15) is 17.5 Å². The lowest BCUT2D eigenvalue weighted by atomic mass is 10.1. The fraction of sp³-hybridized carbons (Fsp3) is 0.214. The van der Waals surface area contributed by atoms with Gasteiger partial charge in [0.05, 0.1) is 19.1 Å². The Balaban J connectivity index is 0.000000550. The van der Waals surface area contributed by atoms with E-state index in [1.165, 1.54) is 6.21 Å². The molecule has 6 N–H and O–H groups in total. The van der Waals surface area contributed by atoms with Crippen molar-refractivity contribution in [3.63, 3.8) is 0 Å². The number of hydrogen-bond donors (Lipinski definition) is 5. The molecular formula is C14H18N4O6S. The molecular weight excluding hydrogens is 352 g/mol. The van der Waals surface area contributed by atoms with Crippen LogP contribution in [0.4, 0.5) is 0 Å². The number of amides is 1. The highest BCUT2D eigenvalue weighted by Gasteiger charge is 2.17. The van der Waals surface area contributed by atoms with Gasteiger partial charge in [-0.3, -0.25) is 20.1 Å². The van der Waals surface area contributed by atoms with Crippen LogP contribution in [0.25, 0.3) is 6.08 Å². The number of nitrogens with two attached hydrogens (primary N) is 1. The third kappa shape index (κ3) is 7.46. The van der Waals surface area contributed by atoms with Crippen molar-refractivity contribution in [1.82, 2.24) is 5.32 Å². The summed E-state index contributed by atoms with van der Waals surface area (Å²) in [5.74, 6) is -0.270. The molecule has 0 bridgehead atoms. The highest BCUT2D eigenvalue weighted by atomic mass is 32.2. The second-order valence-electron chi connectivity index (χ2n) is 4.88. The third-order valence-electron chi connectivity index (χ3n) is 2.76. The number of nitrogens with one attached hydrogen (secondary N) is 2. The highest BCUT2D eigenvalue weighted by Crippen LogP contribution is 2.28. The summed E-state index contributed by atoms with van der Waals surface area (Å²) in [6, 6.07) is 5.30. The maximum absolute atomic E-state index is 11.9. The van der Waals surface area contributed by atoms with Gasteiger partial charge in [0.15, 0.2) is 5.96 Å². The van der Waals surface area contributed by atoms with Gasteiger partial charge in [0.2, 0.25) is 0 Å². The largest absolute Gasteiger partial charge is 0.492 e.